The molecule has 0 fully saturated rings. The standard InChI is InChI=1S/C11H10N4O4S/c1-7-8(10(16)17)3-2-4-9(7)20(18,19)15-11-12-5-6-13-14-11/h2-6H,1H3,(H,16,17)(H,12,14,15). The van der Waals surface area contributed by atoms with E-state index in [1.807, 2.05) is 0 Å². The Hall–Kier alpha value is -2.55. The summed E-state index contributed by atoms with van der Waals surface area (Å²) in [6.45, 7) is 1.42. The van der Waals surface area contributed by atoms with Crippen LogP contribution in [0.2, 0.25) is 0 Å². The Kier molecular flexibility index (Phi) is 3.61. The van der Waals surface area contributed by atoms with Gasteiger partial charge in [-0.25, -0.2) is 22.9 Å². The van der Waals surface area contributed by atoms with Crippen molar-refractivity contribution in [3.8, 4) is 0 Å². The molecule has 0 spiro atoms. The van der Waals surface area contributed by atoms with Crippen molar-refractivity contribution in [3.63, 3.8) is 0 Å². The number of hydrogen-bond donors (Lipinski definition) is 2. The van der Waals surface area contributed by atoms with Crippen LogP contribution in [0, 0.1) is 6.92 Å². The molecule has 0 atom stereocenters. The highest BCUT2D eigenvalue weighted by atomic mass is 32.2. The van der Waals surface area contributed by atoms with Crippen LogP contribution in [0.3, 0.4) is 0 Å². The van der Waals surface area contributed by atoms with Gasteiger partial charge in [0.1, 0.15) is 0 Å². The summed E-state index contributed by atoms with van der Waals surface area (Å²) in [6, 6.07) is 3.99. The summed E-state index contributed by atoms with van der Waals surface area (Å²) in [5.74, 6) is -1.38. The van der Waals surface area contributed by atoms with Gasteiger partial charge in [0.2, 0.25) is 0 Å². The Labute approximate surface area is 114 Å². The predicted molar refractivity (Wildman–Crippen MR) is 68.8 cm³/mol. The second kappa shape index (κ2) is 5.21. The fraction of sp³-hybridized carbons (Fsp3) is 0.0909. The highest BCUT2D eigenvalue weighted by molar-refractivity contribution is 7.92. The molecule has 20 heavy (non-hydrogen) atoms. The Morgan fingerprint density at radius 3 is 2.65 bits per heavy atom. The monoisotopic (exact) mass is 294 g/mol. The van der Waals surface area contributed by atoms with Gasteiger partial charge < -0.3 is 5.11 Å². The maximum atomic E-state index is 12.2. The van der Waals surface area contributed by atoms with Crippen LogP contribution in [0.4, 0.5) is 5.95 Å². The molecule has 1 heterocycles. The molecule has 9 heteroatoms. The molecular weight excluding hydrogens is 284 g/mol. The van der Waals surface area contributed by atoms with Crippen molar-refractivity contribution in [1.29, 1.82) is 0 Å². The third-order valence-corrected chi connectivity index (χ3v) is 3.98. The van der Waals surface area contributed by atoms with Gasteiger partial charge in [0.15, 0.2) is 0 Å². The molecule has 104 valence electrons. The summed E-state index contributed by atoms with van der Waals surface area (Å²) in [5.41, 5.74) is 0.0522. The zero-order valence-corrected chi connectivity index (χ0v) is 11.1. The quantitative estimate of drug-likeness (QED) is 0.850. The van der Waals surface area contributed by atoms with Crippen LogP contribution in [0.1, 0.15) is 15.9 Å². The van der Waals surface area contributed by atoms with Gasteiger partial charge in [-0.2, -0.15) is 5.10 Å². The number of nitrogens with zero attached hydrogens (tertiary/aromatic N) is 3. The summed E-state index contributed by atoms with van der Waals surface area (Å²) in [6.07, 6.45) is 2.58. The summed E-state index contributed by atoms with van der Waals surface area (Å²) in [4.78, 5) is 14.6. The molecule has 2 N–H and O–H groups in total. The maximum absolute atomic E-state index is 12.2. The van der Waals surface area contributed by atoms with Crippen LogP contribution in [0.25, 0.3) is 0 Å². The number of carbonyl (C=O) groups is 1. The van der Waals surface area contributed by atoms with Crippen LogP contribution in [-0.4, -0.2) is 34.7 Å². The van der Waals surface area contributed by atoms with Gasteiger partial charge in [-0.3, -0.25) is 0 Å². The molecular formula is C11H10N4O4S. The summed E-state index contributed by atoms with van der Waals surface area (Å²) in [5, 5.41) is 16.0. The van der Waals surface area contributed by atoms with Crippen molar-refractivity contribution in [1.82, 2.24) is 15.2 Å². The first kappa shape index (κ1) is 13.9. The number of aromatic carboxylic acids is 1. The van der Waals surface area contributed by atoms with E-state index in [2.05, 4.69) is 19.9 Å². The van der Waals surface area contributed by atoms with E-state index in [0.717, 1.165) is 0 Å². The number of sulfonamides is 1. The zero-order chi connectivity index (χ0) is 14.8. The highest BCUT2D eigenvalue weighted by Gasteiger charge is 2.21. The first-order valence-electron chi connectivity index (χ1n) is 5.41. The van der Waals surface area contributed by atoms with E-state index in [1.165, 1.54) is 37.5 Å². The second-order valence-corrected chi connectivity index (χ2v) is 5.46. The highest BCUT2D eigenvalue weighted by Crippen LogP contribution is 2.20. The predicted octanol–water partition coefficient (Wildman–Crippen LogP) is 0.679. The average molecular weight is 294 g/mol. The summed E-state index contributed by atoms with van der Waals surface area (Å²) in [7, 11) is -3.98. The zero-order valence-electron chi connectivity index (χ0n) is 10.3. The van der Waals surface area contributed by atoms with E-state index in [9.17, 15) is 13.2 Å². The van der Waals surface area contributed by atoms with Crippen molar-refractivity contribution in [2.45, 2.75) is 11.8 Å². The van der Waals surface area contributed by atoms with Gasteiger partial charge in [-0.15, -0.1) is 5.10 Å². The van der Waals surface area contributed by atoms with E-state index in [-0.39, 0.29) is 22.0 Å². The molecule has 0 bridgehead atoms. The van der Waals surface area contributed by atoms with Crippen LogP contribution >= 0.6 is 0 Å². The number of nitrogens with one attached hydrogen (secondary N) is 1. The lowest BCUT2D eigenvalue weighted by Crippen LogP contribution is -2.17. The third kappa shape index (κ3) is 2.72. The minimum absolute atomic E-state index is 0.0834. The molecule has 0 amide bonds. The fourth-order valence-corrected chi connectivity index (χ4v) is 2.82. The van der Waals surface area contributed by atoms with Gasteiger partial charge in [0.05, 0.1) is 22.9 Å². The molecule has 0 aliphatic carbocycles. The molecule has 0 radical (unpaired) electrons. The SMILES string of the molecule is Cc1c(C(=O)O)cccc1S(=O)(=O)Nc1nccnn1. The van der Waals surface area contributed by atoms with Gasteiger partial charge >= 0.3 is 5.97 Å². The maximum Gasteiger partial charge on any atom is 0.335 e. The first-order chi connectivity index (χ1) is 9.42. The number of carboxylic acid groups (broad SMARTS) is 1. The van der Waals surface area contributed by atoms with E-state index in [0.29, 0.717) is 0 Å². The van der Waals surface area contributed by atoms with Crippen molar-refractivity contribution in [2.24, 2.45) is 0 Å². The smallest absolute Gasteiger partial charge is 0.335 e. The van der Waals surface area contributed by atoms with E-state index in [1.54, 1.807) is 0 Å². The largest absolute Gasteiger partial charge is 0.478 e. The Bertz CT molecular complexity index is 746. The molecule has 2 aromatic rings. The number of carboxylic acids is 1. The number of rotatable bonds is 4. The van der Waals surface area contributed by atoms with E-state index in [4.69, 9.17) is 5.11 Å². The van der Waals surface area contributed by atoms with Gasteiger partial charge in [-0.05, 0) is 24.6 Å². The molecule has 0 unspecified atom stereocenters. The molecule has 0 aliphatic rings. The normalized spacial score (nSPS) is 11.1. The van der Waals surface area contributed by atoms with Crippen molar-refractivity contribution in [3.05, 3.63) is 41.7 Å². The Balaban J connectivity index is 2.45. The van der Waals surface area contributed by atoms with Crippen molar-refractivity contribution < 1.29 is 18.3 Å². The Morgan fingerprint density at radius 1 is 1.30 bits per heavy atom. The lowest BCUT2D eigenvalue weighted by molar-refractivity contribution is 0.0696. The molecule has 0 saturated heterocycles. The Morgan fingerprint density at radius 2 is 2.05 bits per heavy atom. The van der Waals surface area contributed by atoms with E-state index < -0.39 is 16.0 Å². The minimum Gasteiger partial charge on any atom is -0.478 e. The fourth-order valence-electron chi connectivity index (χ4n) is 1.61. The first-order valence-corrected chi connectivity index (χ1v) is 6.89. The van der Waals surface area contributed by atoms with Crippen LogP contribution in [-0.2, 0) is 10.0 Å². The van der Waals surface area contributed by atoms with E-state index >= 15 is 0 Å². The summed E-state index contributed by atoms with van der Waals surface area (Å²) < 4.78 is 26.5. The van der Waals surface area contributed by atoms with Crippen molar-refractivity contribution >= 4 is 21.9 Å². The molecule has 8 nitrogen and oxygen atoms in total. The van der Waals surface area contributed by atoms with Crippen LogP contribution < -0.4 is 4.72 Å². The number of hydrogen-bond acceptors (Lipinski definition) is 6. The number of benzene rings is 1. The number of anilines is 1. The minimum atomic E-state index is -3.98. The molecule has 0 aliphatic heterocycles. The lowest BCUT2D eigenvalue weighted by Gasteiger charge is -2.10. The number of aromatic nitrogens is 3. The van der Waals surface area contributed by atoms with Crippen LogP contribution in [0.5, 0.6) is 0 Å². The van der Waals surface area contributed by atoms with Gasteiger partial charge in [-0.1, -0.05) is 6.07 Å². The third-order valence-electron chi connectivity index (χ3n) is 2.51. The lowest BCUT2D eigenvalue weighted by atomic mass is 10.1. The van der Waals surface area contributed by atoms with Crippen molar-refractivity contribution in [2.75, 3.05) is 4.72 Å². The molecule has 1 aromatic heterocycles. The molecule has 0 saturated carbocycles. The molecule has 2 rings (SSSR count). The topological polar surface area (TPSA) is 122 Å². The van der Waals surface area contributed by atoms with Gasteiger partial charge in [0.25, 0.3) is 16.0 Å². The van der Waals surface area contributed by atoms with Crippen LogP contribution in [0.15, 0.2) is 35.5 Å². The second-order valence-electron chi connectivity index (χ2n) is 3.81. The van der Waals surface area contributed by atoms with Gasteiger partial charge in [0, 0.05) is 0 Å². The summed E-state index contributed by atoms with van der Waals surface area (Å²) >= 11 is 0. The molecule has 1 aromatic carbocycles. The average Bonchev–Trinajstić information content (AvgIpc) is 2.39.